The number of nitriles is 1. The molecular weight excluding hydrogens is 226 g/mol. The van der Waals surface area contributed by atoms with Gasteiger partial charge >= 0.3 is 0 Å². The van der Waals surface area contributed by atoms with E-state index in [1.54, 1.807) is 19.1 Å². The van der Waals surface area contributed by atoms with Crippen LogP contribution in [-0.2, 0) is 11.3 Å². The van der Waals surface area contributed by atoms with Crippen LogP contribution in [0.5, 0.6) is 0 Å². The number of nitrogens with zero attached hydrogens (tertiary/aromatic N) is 1. The fourth-order valence-electron chi connectivity index (χ4n) is 1.35. The molecule has 0 saturated heterocycles. The number of terminal acetylenes is 1. The lowest BCUT2D eigenvalue weighted by atomic mass is 10.1. The Kier molecular flexibility index (Phi) is 5.44. The SMILES string of the molecule is C#CCNC(=O)C(C)NCc1ccc(C#N)cc1. The monoisotopic (exact) mass is 241 g/mol. The average Bonchev–Trinajstić information content (AvgIpc) is 2.42. The molecule has 0 fully saturated rings. The number of rotatable bonds is 5. The maximum Gasteiger partial charge on any atom is 0.237 e. The lowest BCUT2D eigenvalue weighted by Crippen LogP contribution is -2.41. The van der Waals surface area contributed by atoms with Crippen molar-refractivity contribution >= 4 is 5.91 Å². The Morgan fingerprint density at radius 2 is 2.11 bits per heavy atom. The second kappa shape index (κ2) is 7.11. The molecule has 4 nitrogen and oxygen atoms in total. The summed E-state index contributed by atoms with van der Waals surface area (Å²) in [4.78, 5) is 11.5. The second-order valence-electron chi connectivity index (χ2n) is 3.83. The molecule has 0 aliphatic rings. The molecule has 0 aliphatic heterocycles. The number of carbonyl (C=O) groups is 1. The number of benzene rings is 1. The van der Waals surface area contributed by atoms with E-state index in [0.717, 1.165) is 5.56 Å². The van der Waals surface area contributed by atoms with E-state index in [9.17, 15) is 4.79 Å². The van der Waals surface area contributed by atoms with Crippen LogP contribution in [0.25, 0.3) is 0 Å². The number of carbonyl (C=O) groups excluding carboxylic acids is 1. The second-order valence-corrected chi connectivity index (χ2v) is 3.83. The summed E-state index contributed by atoms with van der Waals surface area (Å²) >= 11 is 0. The molecule has 0 radical (unpaired) electrons. The first-order chi connectivity index (χ1) is 8.67. The first kappa shape index (κ1) is 13.8. The van der Waals surface area contributed by atoms with Crippen LogP contribution >= 0.6 is 0 Å². The molecule has 0 spiro atoms. The van der Waals surface area contributed by atoms with Gasteiger partial charge in [-0.2, -0.15) is 5.26 Å². The molecule has 0 saturated carbocycles. The molecule has 1 amide bonds. The first-order valence-electron chi connectivity index (χ1n) is 5.61. The lowest BCUT2D eigenvalue weighted by Gasteiger charge is -2.12. The van der Waals surface area contributed by atoms with Crippen LogP contribution in [0.1, 0.15) is 18.1 Å². The number of hydrogen-bond donors (Lipinski definition) is 2. The Balaban J connectivity index is 2.42. The van der Waals surface area contributed by atoms with E-state index >= 15 is 0 Å². The minimum Gasteiger partial charge on any atom is -0.344 e. The maximum absolute atomic E-state index is 11.5. The van der Waals surface area contributed by atoms with Gasteiger partial charge in [-0.1, -0.05) is 18.1 Å². The standard InChI is InChI=1S/C14H15N3O/c1-3-8-16-14(18)11(2)17-10-13-6-4-12(9-15)5-7-13/h1,4-7,11,17H,8,10H2,2H3,(H,16,18). The molecule has 1 aromatic rings. The molecule has 1 atom stereocenters. The Morgan fingerprint density at radius 3 is 2.67 bits per heavy atom. The van der Waals surface area contributed by atoms with E-state index in [-0.39, 0.29) is 18.5 Å². The van der Waals surface area contributed by atoms with Gasteiger partial charge in [-0.25, -0.2) is 0 Å². The van der Waals surface area contributed by atoms with Gasteiger partial charge < -0.3 is 10.6 Å². The molecule has 2 N–H and O–H groups in total. The lowest BCUT2D eigenvalue weighted by molar-refractivity contribution is -0.122. The van der Waals surface area contributed by atoms with Crippen LogP contribution in [0, 0.1) is 23.7 Å². The molecule has 0 aromatic heterocycles. The van der Waals surface area contributed by atoms with E-state index in [0.29, 0.717) is 12.1 Å². The quantitative estimate of drug-likeness (QED) is 0.749. The zero-order valence-corrected chi connectivity index (χ0v) is 10.2. The number of nitrogens with one attached hydrogen (secondary N) is 2. The molecular formula is C14H15N3O. The third-order valence-corrected chi connectivity index (χ3v) is 2.45. The predicted molar refractivity (Wildman–Crippen MR) is 69.3 cm³/mol. The van der Waals surface area contributed by atoms with Gasteiger partial charge in [0.15, 0.2) is 0 Å². The van der Waals surface area contributed by atoms with Gasteiger partial charge in [-0.3, -0.25) is 4.79 Å². The Labute approximate surface area is 107 Å². The van der Waals surface area contributed by atoms with Gasteiger partial charge in [0, 0.05) is 6.54 Å². The van der Waals surface area contributed by atoms with Gasteiger partial charge in [0.2, 0.25) is 5.91 Å². The number of amides is 1. The van der Waals surface area contributed by atoms with Crippen LogP contribution in [0.2, 0.25) is 0 Å². The topological polar surface area (TPSA) is 64.9 Å². The van der Waals surface area contributed by atoms with Gasteiger partial charge in [0.1, 0.15) is 0 Å². The van der Waals surface area contributed by atoms with Gasteiger partial charge in [0.05, 0.1) is 24.2 Å². The zero-order valence-electron chi connectivity index (χ0n) is 10.2. The summed E-state index contributed by atoms with van der Waals surface area (Å²) in [5.74, 6) is 2.23. The smallest absolute Gasteiger partial charge is 0.237 e. The normalized spacial score (nSPS) is 11.1. The summed E-state index contributed by atoms with van der Waals surface area (Å²) in [5.41, 5.74) is 1.64. The Hall–Kier alpha value is -2.30. The van der Waals surface area contributed by atoms with Crippen molar-refractivity contribution in [1.82, 2.24) is 10.6 Å². The van der Waals surface area contributed by atoms with Gasteiger partial charge in [-0.15, -0.1) is 6.42 Å². The largest absolute Gasteiger partial charge is 0.344 e. The molecule has 4 heteroatoms. The van der Waals surface area contributed by atoms with Crippen molar-refractivity contribution in [2.75, 3.05) is 6.54 Å². The minimum absolute atomic E-state index is 0.124. The summed E-state index contributed by atoms with van der Waals surface area (Å²) < 4.78 is 0. The highest BCUT2D eigenvalue weighted by atomic mass is 16.2. The van der Waals surface area contributed by atoms with Crippen molar-refractivity contribution in [3.05, 3.63) is 35.4 Å². The summed E-state index contributed by atoms with van der Waals surface area (Å²) in [7, 11) is 0. The van der Waals surface area contributed by atoms with E-state index in [4.69, 9.17) is 11.7 Å². The predicted octanol–water partition coefficient (Wildman–Crippen LogP) is 0.786. The van der Waals surface area contributed by atoms with Crippen molar-refractivity contribution in [3.63, 3.8) is 0 Å². The van der Waals surface area contributed by atoms with E-state index in [2.05, 4.69) is 22.6 Å². The molecule has 1 aromatic carbocycles. The van der Waals surface area contributed by atoms with Crippen LogP contribution in [0.3, 0.4) is 0 Å². The Bertz CT molecular complexity index is 479. The van der Waals surface area contributed by atoms with Gasteiger partial charge in [0.25, 0.3) is 0 Å². The third-order valence-electron chi connectivity index (χ3n) is 2.45. The van der Waals surface area contributed by atoms with Crippen molar-refractivity contribution in [1.29, 1.82) is 5.26 Å². The van der Waals surface area contributed by atoms with Crippen molar-refractivity contribution < 1.29 is 4.79 Å². The summed E-state index contributed by atoms with van der Waals surface area (Å²) in [6, 6.07) is 8.96. The van der Waals surface area contributed by atoms with Crippen LogP contribution < -0.4 is 10.6 Å². The summed E-state index contributed by atoms with van der Waals surface area (Å²) in [5, 5.41) is 14.4. The molecule has 92 valence electrons. The van der Waals surface area contributed by atoms with Crippen LogP contribution in [0.4, 0.5) is 0 Å². The summed E-state index contributed by atoms with van der Waals surface area (Å²) in [6.45, 7) is 2.58. The molecule has 0 aliphatic carbocycles. The number of hydrogen-bond acceptors (Lipinski definition) is 3. The Morgan fingerprint density at radius 1 is 1.44 bits per heavy atom. The first-order valence-corrected chi connectivity index (χ1v) is 5.61. The highest BCUT2D eigenvalue weighted by Crippen LogP contribution is 2.03. The van der Waals surface area contributed by atoms with Crippen LogP contribution in [-0.4, -0.2) is 18.5 Å². The van der Waals surface area contributed by atoms with Crippen molar-refractivity contribution in [2.45, 2.75) is 19.5 Å². The van der Waals surface area contributed by atoms with Crippen molar-refractivity contribution in [2.24, 2.45) is 0 Å². The summed E-state index contributed by atoms with van der Waals surface area (Å²) in [6.07, 6.45) is 5.06. The fourth-order valence-corrected chi connectivity index (χ4v) is 1.35. The minimum atomic E-state index is -0.311. The maximum atomic E-state index is 11.5. The fraction of sp³-hybridized carbons (Fsp3) is 0.286. The molecule has 18 heavy (non-hydrogen) atoms. The van der Waals surface area contributed by atoms with E-state index in [1.165, 1.54) is 0 Å². The third kappa shape index (κ3) is 4.29. The highest BCUT2D eigenvalue weighted by molar-refractivity contribution is 5.81. The highest BCUT2D eigenvalue weighted by Gasteiger charge is 2.10. The van der Waals surface area contributed by atoms with Gasteiger partial charge in [-0.05, 0) is 24.6 Å². The molecule has 0 bridgehead atoms. The average molecular weight is 241 g/mol. The van der Waals surface area contributed by atoms with E-state index in [1.807, 2.05) is 12.1 Å². The zero-order chi connectivity index (χ0) is 13.4. The molecule has 1 rings (SSSR count). The van der Waals surface area contributed by atoms with E-state index < -0.39 is 0 Å². The van der Waals surface area contributed by atoms with Crippen LogP contribution in [0.15, 0.2) is 24.3 Å². The van der Waals surface area contributed by atoms with Crippen molar-refractivity contribution in [3.8, 4) is 18.4 Å². The molecule has 0 heterocycles. The molecule has 1 unspecified atom stereocenters.